The van der Waals surface area contributed by atoms with E-state index in [0.29, 0.717) is 6.61 Å². The van der Waals surface area contributed by atoms with Crippen LogP contribution in [0.1, 0.15) is 11.1 Å². The van der Waals surface area contributed by atoms with Crippen LogP contribution in [0.5, 0.6) is 11.5 Å². The number of nitrogens with two attached hydrogens (primary N) is 1. The molecule has 0 saturated carbocycles. The molecular formula is C9H10BrNO3. The molecule has 1 aliphatic heterocycles. The Morgan fingerprint density at radius 1 is 1.57 bits per heavy atom. The number of hydrogen-bond donors (Lipinski definition) is 1. The summed E-state index contributed by atoms with van der Waals surface area (Å²) in [6.45, 7) is 2.54. The number of ether oxygens (including phenoxy) is 2. The van der Waals surface area contributed by atoms with Crippen LogP contribution < -0.4 is 15.4 Å². The van der Waals surface area contributed by atoms with Crippen molar-refractivity contribution in [2.75, 3.05) is 6.79 Å². The van der Waals surface area contributed by atoms with Crippen LogP contribution in [0.2, 0.25) is 0 Å². The molecule has 0 atom stereocenters. The monoisotopic (exact) mass is 259 g/mol. The van der Waals surface area contributed by atoms with Crippen molar-refractivity contribution in [3.05, 3.63) is 21.7 Å². The van der Waals surface area contributed by atoms with E-state index in [-0.39, 0.29) is 6.79 Å². The molecule has 76 valence electrons. The van der Waals surface area contributed by atoms with Gasteiger partial charge in [0.25, 0.3) is 0 Å². The second-order valence-electron chi connectivity index (χ2n) is 3.01. The van der Waals surface area contributed by atoms with Gasteiger partial charge in [-0.25, -0.2) is 5.90 Å². The summed E-state index contributed by atoms with van der Waals surface area (Å²) in [6, 6.07) is 1.89. The second-order valence-corrected chi connectivity index (χ2v) is 3.86. The molecule has 5 heteroatoms. The van der Waals surface area contributed by atoms with E-state index in [0.717, 1.165) is 27.1 Å². The minimum Gasteiger partial charge on any atom is -0.454 e. The second kappa shape index (κ2) is 3.76. The van der Waals surface area contributed by atoms with Crippen molar-refractivity contribution in [3.8, 4) is 11.5 Å². The molecule has 0 radical (unpaired) electrons. The van der Waals surface area contributed by atoms with Crippen LogP contribution in [0.25, 0.3) is 0 Å². The van der Waals surface area contributed by atoms with Gasteiger partial charge in [-0.2, -0.15) is 0 Å². The molecule has 0 unspecified atom stereocenters. The standard InChI is InChI=1S/C9H10BrNO3/c1-5-6(3-14-11)9-8(2-7(5)10)12-4-13-9/h2H,3-4,11H2,1H3. The highest BCUT2D eigenvalue weighted by molar-refractivity contribution is 9.10. The zero-order valence-electron chi connectivity index (χ0n) is 7.67. The Hall–Kier alpha value is -0.780. The Morgan fingerprint density at radius 2 is 2.36 bits per heavy atom. The quantitative estimate of drug-likeness (QED) is 0.825. The molecule has 0 saturated heterocycles. The van der Waals surface area contributed by atoms with Gasteiger partial charge in [0.2, 0.25) is 6.79 Å². The predicted molar refractivity (Wildman–Crippen MR) is 54.0 cm³/mol. The van der Waals surface area contributed by atoms with Crippen molar-refractivity contribution in [1.82, 2.24) is 0 Å². The number of halogens is 1. The Bertz CT molecular complexity index is 368. The van der Waals surface area contributed by atoms with Crippen molar-refractivity contribution in [1.29, 1.82) is 0 Å². The fourth-order valence-corrected chi connectivity index (χ4v) is 1.87. The molecule has 0 bridgehead atoms. The van der Waals surface area contributed by atoms with E-state index in [4.69, 9.17) is 15.4 Å². The van der Waals surface area contributed by atoms with E-state index >= 15 is 0 Å². The van der Waals surface area contributed by atoms with Crippen molar-refractivity contribution >= 4 is 15.9 Å². The summed E-state index contributed by atoms with van der Waals surface area (Å²) in [6.07, 6.45) is 0. The van der Waals surface area contributed by atoms with E-state index in [1.807, 2.05) is 13.0 Å². The van der Waals surface area contributed by atoms with Crippen LogP contribution in [0.4, 0.5) is 0 Å². The van der Waals surface area contributed by atoms with Crippen LogP contribution in [-0.4, -0.2) is 6.79 Å². The average Bonchev–Trinajstić information content (AvgIpc) is 2.60. The maximum absolute atomic E-state index is 5.34. The van der Waals surface area contributed by atoms with Crippen molar-refractivity contribution in [2.24, 2.45) is 5.90 Å². The Kier molecular flexibility index (Phi) is 2.62. The minimum atomic E-state index is 0.253. The lowest BCUT2D eigenvalue weighted by Crippen LogP contribution is -2.02. The Labute approximate surface area is 90.0 Å². The highest BCUT2D eigenvalue weighted by atomic mass is 79.9. The van der Waals surface area contributed by atoms with E-state index < -0.39 is 0 Å². The molecule has 2 rings (SSSR count). The van der Waals surface area contributed by atoms with Gasteiger partial charge < -0.3 is 9.47 Å². The molecule has 1 aromatic rings. The molecule has 0 fully saturated rings. The topological polar surface area (TPSA) is 53.7 Å². The van der Waals surface area contributed by atoms with Crippen LogP contribution in [-0.2, 0) is 11.4 Å². The van der Waals surface area contributed by atoms with Crippen LogP contribution in [0.3, 0.4) is 0 Å². The number of hydrogen-bond acceptors (Lipinski definition) is 4. The molecule has 2 N–H and O–H groups in total. The fourth-order valence-electron chi connectivity index (χ4n) is 1.43. The first-order valence-electron chi connectivity index (χ1n) is 4.13. The molecule has 4 nitrogen and oxygen atoms in total. The van der Waals surface area contributed by atoms with E-state index in [1.54, 1.807) is 0 Å². The molecule has 1 heterocycles. The summed E-state index contributed by atoms with van der Waals surface area (Å²) in [5.41, 5.74) is 1.98. The van der Waals surface area contributed by atoms with Crippen LogP contribution in [0, 0.1) is 6.92 Å². The van der Waals surface area contributed by atoms with Crippen molar-refractivity contribution in [2.45, 2.75) is 13.5 Å². The molecule has 0 aliphatic carbocycles. The molecule has 1 aromatic carbocycles. The third-order valence-electron chi connectivity index (χ3n) is 2.21. The zero-order chi connectivity index (χ0) is 10.1. The van der Waals surface area contributed by atoms with Crippen molar-refractivity contribution in [3.63, 3.8) is 0 Å². The van der Waals surface area contributed by atoms with Crippen LogP contribution in [0.15, 0.2) is 10.5 Å². The van der Waals surface area contributed by atoms with E-state index in [9.17, 15) is 0 Å². The maximum atomic E-state index is 5.34. The smallest absolute Gasteiger partial charge is 0.231 e. The normalized spacial score (nSPS) is 13.4. The van der Waals surface area contributed by atoms with E-state index in [1.165, 1.54) is 0 Å². The largest absolute Gasteiger partial charge is 0.454 e. The molecule has 0 aromatic heterocycles. The maximum Gasteiger partial charge on any atom is 0.231 e. The first-order valence-corrected chi connectivity index (χ1v) is 4.92. The van der Waals surface area contributed by atoms with Gasteiger partial charge in [0.05, 0.1) is 6.61 Å². The summed E-state index contributed by atoms with van der Waals surface area (Å²) in [7, 11) is 0. The van der Waals surface area contributed by atoms with Gasteiger partial charge in [0.15, 0.2) is 11.5 Å². The van der Waals surface area contributed by atoms with Gasteiger partial charge >= 0.3 is 0 Å². The van der Waals surface area contributed by atoms with Gasteiger partial charge in [-0.3, -0.25) is 4.84 Å². The van der Waals surface area contributed by atoms with Gasteiger partial charge in [-0.05, 0) is 18.6 Å². The molecular weight excluding hydrogens is 250 g/mol. The first-order chi connectivity index (χ1) is 6.74. The third-order valence-corrected chi connectivity index (χ3v) is 3.04. The summed E-state index contributed by atoms with van der Waals surface area (Å²) in [5, 5.41) is 0. The van der Waals surface area contributed by atoms with Gasteiger partial charge in [-0.1, -0.05) is 15.9 Å². The summed E-state index contributed by atoms with van der Waals surface area (Å²) in [5.74, 6) is 6.53. The Morgan fingerprint density at radius 3 is 3.07 bits per heavy atom. The fraction of sp³-hybridized carbons (Fsp3) is 0.333. The van der Waals surface area contributed by atoms with Crippen LogP contribution >= 0.6 is 15.9 Å². The Balaban J connectivity index is 2.54. The lowest BCUT2D eigenvalue weighted by atomic mass is 10.1. The lowest BCUT2D eigenvalue weighted by molar-refractivity contribution is 0.119. The van der Waals surface area contributed by atoms with E-state index in [2.05, 4.69) is 20.8 Å². The van der Waals surface area contributed by atoms with Crippen molar-refractivity contribution < 1.29 is 14.3 Å². The highest BCUT2D eigenvalue weighted by Gasteiger charge is 2.21. The number of fused-ring (bicyclic) bond motifs is 1. The molecule has 14 heavy (non-hydrogen) atoms. The summed E-state index contributed by atoms with van der Waals surface area (Å²) < 4.78 is 11.6. The minimum absolute atomic E-state index is 0.253. The third kappa shape index (κ3) is 1.47. The average molecular weight is 260 g/mol. The first kappa shape index (κ1) is 9.76. The predicted octanol–water partition coefficient (Wildman–Crippen LogP) is 1.88. The molecule has 0 amide bonds. The lowest BCUT2D eigenvalue weighted by Gasteiger charge is -2.09. The SMILES string of the molecule is Cc1c(Br)cc2c(c1CON)OCO2. The number of benzene rings is 1. The highest BCUT2D eigenvalue weighted by Crippen LogP contribution is 2.41. The summed E-state index contributed by atoms with van der Waals surface area (Å²) in [4.78, 5) is 4.63. The van der Waals surface area contributed by atoms with Gasteiger partial charge in [0, 0.05) is 10.0 Å². The van der Waals surface area contributed by atoms with Gasteiger partial charge in [-0.15, -0.1) is 0 Å². The van der Waals surface area contributed by atoms with Gasteiger partial charge in [0.1, 0.15) is 0 Å². The summed E-state index contributed by atoms with van der Waals surface area (Å²) >= 11 is 3.44. The number of rotatable bonds is 2. The molecule has 1 aliphatic rings. The zero-order valence-corrected chi connectivity index (χ0v) is 9.26. The molecule has 0 spiro atoms.